The Morgan fingerprint density at radius 3 is 3.33 bits per heavy atom. The van der Waals surface area contributed by atoms with Crippen molar-refractivity contribution in [3.63, 3.8) is 0 Å². The summed E-state index contributed by atoms with van der Waals surface area (Å²) in [5.74, 6) is -0.290. The van der Waals surface area contributed by atoms with Gasteiger partial charge in [-0.2, -0.15) is 0 Å². The molecule has 0 bridgehead atoms. The van der Waals surface area contributed by atoms with Gasteiger partial charge in [0.15, 0.2) is 0 Å². The lowest BCUT2D eigenvalue weighted by atomic mass is 10.2. The first kappa shape index (κ1) is 10.2. The third-order valence-electron chi connectivity index (χ3n) is 2.58. The molecule has 15 heavy (non-hydrogen) atoms. The first-order valence-corrected chi connectivity index (χ1v) is 5.22. The number of nitrogens with one attached hydrogen (secondary N) is 1. The van der Waals surface area contributed by atoms with E-state index in [4.69, 9.17) is 4.74 Å². The Kier molecular flexibility index (Phi) is 3.01. The van der Waals surface area contributed by atoms with Crippen LogP contribution in [0.1, 0.15) is 29.9 Å². The van der Waals surface area contributed by atoms with E-state index in [1.165, 1.54) is 0 Å². The first-order chi connectivity index (χ1) is 7.33. The van der Waals surface area contributed by atoms with Crippen LogP contribution < -0.4 is 5.32 Å². The molecule has 1 aliphatic heterocycles. The van der Waals surface area contributed by atoms with Crippen molar-refractivity contribution < 1.29 is 9.53 Å². The van der Waals surface area contributed by atoms with Crippen LogP contribution in [0.25, 0.3) is 0 Å². The SMILES string of the molecule is CCOC(=O)c1cncn1C1CCNC1. The molecule has 1 N–H and O–H groups in total. The van der Waals surface area contributed by atoms with E-state index in [0.29, 0.717) is 18.3 Å². The average Bonchev–Trinajstić information content (AvgIpc) is 2.88. The second kappa shape index (κ2) is 4.44. The van der Waals surface area contributed by atoms with Crippen LogP contribution in [0.15, 0.2) is 12.5 Å². The van der Waals surface area contributed by atoms with Gasteiger partial charge in [-0.15, -0.1) is 0 Å². The van der Waals surface area contributed by atoms with E-state index in [0.717, 1.165) is 19.5 Å². The zero-order valence-electron chi connectivity index (χ0n) is 8.77. The molecule has 1 aromatic heterocycles. The van der Waals surface area contributed by atoms with Crippen LogP contribution in [-0.4, -0.2) is 35.2 Å². The summed E-state index contributed by atoms with van der Waals surface area (Å²) in [5, 5.41) is 3.26. The van der Waals surface area contributed by atoms with Crippen molar-refractivity contribution in [2.45, 2.75) is 19.4 Å². The molecular formula is C10H15N3O2. The van der Waals surface area contributed by atoms with Crippen molar-refractivity contribution >= 4 is 5.97 Å². The molecule has 5 nitrogen and oxygen atoms in total. The van der Waals surface area contributed by atoms with Crippen LogP contribution in [0, 0.1) is 0 Å². The van der Waals surface area contributed by atoms with Crippen molar-refractivity contribution in [2.24, 2.45) is 0 Å². The van der Waals surface area contributed by atoms with Gasteiger partial charge in [0.05, 0.1) is 19.1 Å². The minimum absolute atomic E-state index is 0.290. The molecule has 0 aliphatic carbocycles. The Balaban J connectivity index is 2.17. The van der Waals surface area contributed by atoms with Crippen molar-refractivity contribution in [1.29, 1.82) is 0 Å². The van der Waals surface area contributed by atoms with Crippen LogP contribution in [-0.2, 0) is 4.74 Å². The van der Waals surface area contributed by atoms with Gasteiger partial charge < -0.3 is 14.6 Å². The van der Waals surface area contributed by atoms with Crippen LogP contribution >= 0.6 is 0 Å². The van der Waals surface area contributed by atoms with Gasteiger partial charge in [-0.1, -0.05) is 0 Å². The molecule has 0 aromatic carbocycles. The summed E-state index contributed by atoms with van der Waals surface area (Å²) in [4.78, 5) is 15.6. The third-order valence-corrected chi connectivity index (χ3v) is 2.58. The van der Waals surface area contributed by atoms with Gasteiger partial charge in [0.25, 0.3) is 0 Å². The predicted molar refractivity (Wildman–Crippen MR) is 54.7 cm³/mol. The number of carbonyl (C=O) groups is 1. The summed E-state index contributed by atoms with van der Waals surface area (Å²) in [7, 11) is 0. The largest absolute Gasteiger partial charge is 0.461 e. The summed E-state index contributed by atoms with van der Waals surface area (Å²) < 4.78 is 6.87. The summed E-state index contributed by atoms with van der Waals surface area (Å²) in [6, 6.07) is 0.326. The Bertz CT molecular complexity index is 342. The molecule has 1 fully saturated rings. The highest BCUT2D eigenvalue weighted by molar-refractivity contribution is 5.87. The maximum absolute atomic E-state index is 11.6. The second-order valence-electron chi connectivity index (χ2n) is 3.55. The molecular weight excluding hydrogens is 194 g/mol. The van der Waals surface area contributed by atoms with Crippen molar-refractivity contribution in [3.05, 3.63) is 18.2 Å². The molecule has 2 heterocycles. The zero-order chi connectivity index (χ0) is 10.7. The van der Waals surface area contributed by atoms with Gasteiger partial charge >= 0.3 is 5.97 Å². The Labute approximate surface area is 88.4 Å². The summed E-state index contributed by atoms with van der Waals surface area (Å²) in [6.45, 7) is 4.08. The van der Waals surface area contributed by atoms with E-state index in [1.807, 2.05) is 4.57 Å². The molecule has 0 radical (unpaired) electrons. The molecule has 0 amide bonds. The quantitative estimate of drug-likeness (QED) is 0.740. The molecule has 1 aliphatic rings. The highest BCUT2D eigenvalue weighted by atomic mass is 16.5. The highest BCUT2D eigenvalue weighted by Gasteiger charge is 2.22. The van der Waals surface area contributed by atoms with E-state index in [9.17, 15) is 4.79 Å². The van der Waals surface area contributed by atoms with Gasteiger partial charge in [-0.3, -0.25) is 0 Å². The van der Waals surface area contributed by atoms with Gasteiger partial charge in [-0.05, 0) is 19.9 Å². The van der Waals surface area contributed by atoms with Gasteiger partial charge in [0, 0.05) is 12.6 Å². The smallest absolute Gasteiger partial charge is 0.356 e. The topological polar surface area (TPSA) is 56.1 Å². The number of hydrogen-bond acceptors (Lipinski definition) is 4. The summed E-state index contributed by atoms with van der Waals surface area (Å²) in [6.07, 6.45) is 4.29. The van der Waals surface area contributed by atoms with Gasteiger partial charge in [-0.25, -0.2) is 9.78 Å². The number of rotatable bonds is 3. The lowest BCUT2D eigenvalue weighted by Crippen LogP contribution is -2.18. The normalized spacial score (nSPS) is 20.5. The third kappa shape index (κ3) is 2.02. The standard InChI is InChI=1S/C10H15N3O2/c1-2-15-10(14)9-6-12-7-13(9)8-3-4-11-5-8/h6-8,11H,2-5H2,1H3. The minimum Gasteiger partial charge on any atom is -0.461 e. The molecule has 2 rings (SSSR count). The van der Waals surface area contributed by atoms with Crippen LogP contribution in [0.3, 0.4) is 0 Å². The van der Waals surface area contributed by atoms with E-state index >= 15 is 0 Å². The molecule has 0 spiro atoms. The lowest BCUT2D eigenvalue weighted by molar-refractivity contribution is 0.0511. The number of carbonyl (C=O) groups excluding carboxylic acids is 1. The molecule has 0 saturated carbocycles. The number of hydrogen-bond donors (Lipinski definition) is 1. The highest BCUT2D eigenvalue weighted by Crippen LogP contribution is 2.17. The molecule has 1 aromatic rings. The van der Waals surface area contributed by atoms with Crippen molar-refractivity contribution in [3.8, 4) is 0 Å². The molecule has 5 heteroatoms. The minimum atomic E-state index is -0.290. The molecule has 1 unspecified atom stereocenters. The van der Waals surface area contributed by atoms with Crippen molar-refractivity contribution in [1.82, 2.24) is 14.9 Å². The van der Waals surface area contributed by atoms with E-state index in [2.05, 4.69) is 10.3 Å². The van der Waals surface area contributed by atoms with E-state index in [-0.39, 0.29) is 5.97 Å². The number of nitrogens with zero attached hydrogens (tertiary/aromatic N) is 2. The Hall–Kier alpha value is -1.36. The summed E-state index contributed by atoms with van der Waals surface area (Å²) >= 11 is 0. The maximum Gasteiger partial charge on any atom is 0.356 e. The van der Waals surface area contributed by atoms with Gasteiger partial charge in [0.2, 0.25) is 0 Å². The predicted octanol–water partition coefficient (Wildman–Crippen LogP) is 0.594. The van der Waals surface area contributed by atoms with Crippen LogP contribution in [0.4, 0.5) is 0 Å². The zero-order valence-corrected chi connectivity index (χ0v) is 8.77. The Morgan fingerprint density at radius 1 is 1.80 bits per heavy atom. The Morgan fingerprint density at radius 2 is 2.67 bits per heavy atom. The number of imidazole rings is 1. The van der Waals surface area contributed by atoms with Crippen LogP contribution in [0.5, 0.6) is 0 Å². The van der Waals surface area contributed by atoms with E-state index < -0.39 is 0 Å². The second-order valence-corrected chi connectivity index (χ2v) is 3.55. The van der Waals surface area contributed by atoms with Crippen molar-refractivity contribution in [2.75, 3.05) is 19.7 Å². The van der Waals surface area contributed by atoms with Gasteiger partial charge in [0.1, 0.15) is 5.69 Å². The number of aromatic nitrogens is 2. The monoisotopic (exact) mass is 209 g/mol. The maximum atomic E-state index is 11.6. The lowest BCUT2D eigenvalue weighted by Gasteiger charge is -2.13. The fourth-order valence-corrected chi connectivity index (χ4v) is 1.84. The summed E-state index contributed by atoms with van der Waals surface area (Å²) in [5.41, 5.74) is 0.547. The van der Waals surface area contributed by atoms with Crippen LogP contribution in [0.2, 0.25) is 0 Å². The average molecular weight is 209 g/mol. The molecule has 82 valence electrons. The van der Waals surface area contributed by atoms with E-state index in [1.54, 1.807) is 19.4 Å². The molecule has 1 saturated heterocycles. The fourth-order valence-electron chi connectivity index (χ4n) is 1.84. The number of ether oxygens (including phenoxy) is 1. The fraction of sp³-hybridized carbons (Fsp3) is 0.600. The molecule has 1 atom stereocenters. The first-order valence-electron chi connectivity index (χ1n) is 5.22. The number of esters is 1.